The fourth-order valence-corrected chi connectivity index (χ4v) is 2.99. The van der Waals surface area contributed by atoms with Crippen molar-refractivity contribution < 1.29 is 14.3 Å². The van der Waals surface area contributed by atoms with E-state index in [1.54, 1.807) is 25.1 Å². The number of benzene rings is 2. The van der Waals surface area contributed by atoms with Crippen LogP contribution in [0.15, 0.2) is 47.3 Å². The minimum Gasteiger partial charge on any atom is -0.486 e. The molecule has 1 aliphatic heterocycles. The number of H-pyrrole nitrogens is 1. The molecule has 6 heteroatoms. The number of hydrogen-bond acceptors (Lipinski definition) is 4. The lowest BCUT2D eigenvalue weighted by molar-refractivity contribution is -0.115. The van der Waals surface area contributed by atoms with Gasteiger partial charge in [-0.15, -0.1) is 0 Å². The minimum absolute atomic E-state index is 0.0957. The minimum atomic E-state index is -0.123. The Morgan fingerprint density at radius 1 is 1.08 bits per heavy atom. The van der Waals surface area contributed by atoms with E-state index in [0.29, 0.717) is 36.0 Å². The lowest BCUT2D eigenvalue weighted by Gasteiger charge is -2.19. The fraction of sp³-hybridized carbons (Fsp3) is 0.200. The molecule has 2 heterocycles. The Hall–Kier alpha value is -3.28. The van der Waals surface area contributed by atoms with Gasteiger partial charge in [0.05, 0.1) is 6.42 Å². The first-order chi connectivity index (χ1) is 12.6. The van der Waals surface area contributed by atoms with E-state index in [9.17, 15) is 9.59 Å². The van der Waals surface area contributed by atoms with Crippen molar-refractivity contribution >= 4 is 22.5 Å². The topological polar surface area (TPSA) is 80.4 Å². The molecule has 3 aromatic rings. The molecule has 0 unspecified atom stereocenters. The smallest absolute Gasteiger partial charge is 0.251 e. The summed E-state index contributed by atoms with van der Waals surface area (Å²) in [4.78, 5) is 26.9. The zero-order valence-corrected chi connectivity index (χ0v) is 14.3. The molecule has 132 valence electrons. The predicted octanol–water partition coefficient (Wildman–Crippen LogP) is 2.79. The van der Waals surface area contributed by atoms with Crippen LogP contribution in [0.25, 0.3) is 10.9 Å². The van der Waals surface area contributed by atoms with Gasteiger partial charge < -0.3 is 19.8 Å². The van der Waals surface area contributed by atoms with E-state index in [1.807, 2.05) is 24.3 Å². The molecule has 2 aromatic carbocycles. The first kappa shape index (κ1) is 16.2. The van der Waals surface area contributed by atoms with Gasteiger partial charge in [-0.1, -0.05) is 6.07 Å². The Morgan fingerprint density at radius 3 is 2.73 bits per heavy atom. The van der Waals surface area contributed by atoms with Crippen LogP contribution in [-0.4, -0.2) is 24.1 Å². The Bertz CT molecular complexity index is 1060. The van der Waals surface area contributed by atoms with Crippen LogP contribution in [0.4, 0.5) is 5.69 Å². The second kappa shape index (κ2) is 6.55. The number of aromatic amines is 1. The molecular weight excluding hydrogens is 332 g/mol. The van der Waals surface area contributed by atoms with Gasteiger partial charge in [-0.05, 0) is 48.2 Å². The van der Waals surface area contributed by atoms with E-state index >= 15 is 0 Å². The number of pyridine rings is 1. The van der Waals surface area contributed by atoms with Gasteiger partial charge in [0.15, 0.2) is 11.5 Å². The quantitative estimate of drug-likeness (QED) is 0.761. The van der Waals surface area contributed by atoms with Gasteiger partial charge in [-0.25, -0.2) is 0 Å². The summed E-state index contributed by atoms with van der Waals surface area (Å²) in [6.07, 6.45) is 0.239. The van der Waals surface area contributed by atoms with Crippen molar-refractivity contribution in [3.63, 3.8) is 0 Å². The summed E-state index contributed by atoms with van der Waals surface area (Å²) in [6.45, 7) is 2.80. The van der Waals surface area contributed by atoms with Crippen molar-refractivity contribution in [1.29, 1.82) is 0 Å². The van der Waals surface area contributed by atoms with Crippen LogP contribution in [-0.2, 0) is 11.2 Å². The highest BCUT2D eigenvalue weighted by Crippen LogP contribution is 2.32. The number of anilines is 1. The molecule has 0 saturated carbocycles. The van der Waals surface area contributed by atoms with E-state index in [2.05, 4.69) is 10.3 Å². The molecule has 0 bridgehead atoms. The molecule has 0 atom stereocenters. The number of carbonyl (C=O) groups excluding carboxylic acids is 1. The maximum Gasteiger partial charge on any atom is 0.251 e. The summed E-state index contributed by atoms with van der Waals surface area (Å²) in [5, 5.41) is 3.79. The molecule has 1 aliphatic rings. The van der Waals surface area contributed by atoms with E-state index in [1.165, 1.54) is 0 Å². The molecule has 4 rings (SSSR count). The van der Waals surface area contributed by atoms with E-state index in [0.717, 1.165) is 16.5 Å². The lowest BCUT2D eigenvalue weighted by Crippen LogP contribution is -2.17. The fourth-order valence-electron chi connectivity index (χ4n) is 2.99. The molecule has 0 fully saturated rings. The Morgan fingerprint density at radius 2 is 1.88 bits per heavy atom. The second-order valence-corrected chi connectivity index (χ2v) is 6.29. The highest BCUT2D eigenvalue weighted by atomic mass is 16.6. The number of nitrogens with one attached hydrogen (secondary N) is 2. The van der Waals surface area contributed by atoms with Crippen molar-refractivity contribution in [1.82, 2.24) is 4.98 Å². The summed E-state index contributed by atoms with van der Waals surface area (Å²) in [5.74, 6) is 1.20. The Labute approximate surface area is 149 Å². The van der Waals surface area contributed by atoms with Crippen molar-refractivity contribution in [3.05, 3.63) is 63.9 Å². The highest BCUT2D eigenvalue weighted by Gasteiger charge is 2.13. The number of rotatable bonds is 3. The number of amides is 1. The average molecular weight is 350 g/mol. The van der Waals surface area contributed by atoms with Gasteiger partial charge >= 0.3 is 0 Å². The zero-order chi connectivity index (χ0) is 18.1. The average Bonchev–Trinajstić information content (AvgIpc) is 2.63. The maximum atomic E-state index is 12.4. The summed E-state index contributed by atoms with van der Waals surface area (Å²) < 4.78 is 11.0. The summed E-state index contributed by atoms with van der Waals surface area (Å²) in [6, 6.07) is 12.8. The Balaban J connectivity index is 1.50. The third kappa shape index (κ3) is 3.26. The molecule has 0 aliphatic carbocycles. The summed E-state index contributed by atoms with van der Waals surface area (Å²) in [5.41, 5.74) is 2.85. The highest BCUT2D eigenvalue weighted by molar-refractivity contribution is 5.93. The normalized spacial score (nSPS) is 12.8. The number of ether oxygens (including phenoxy) is 2. The van der Waals surface area contributed by atoms with Crippen LogP contribution in [0.3, 0.4) is 0 Å². The molecule has 1 aromatic heterocycles. The molecule has 2 N–H and O–H groups in total. The van der Waals surface area contributed by atoms with Crippen LogP contribution in [0.1, 0.15) is 11.1 Å². The van der Waals surface area contributed by atoms with Crippen LogP contribution in [0.5, 0.6) is 11.5 Å². The van der Waals surface area contributed by atoms with Crippen LogP contribution in [0, 0.1) is 6.92 Å². The second-order valence-electron chi connectivity index (χ2n) is 6.29. The van der Waals surface area contributed by atoms with Crippen molar-refractivity contribution in [2.45, 2.75) is 13.3 Å². The van der Waals surface area contributed by atoms with Gasteiger partial charge in [-0.3, -0.25) is 9.59 Å². The van der Waals surface area contributed by atoms with Crippen molar-refractivity contribution in [2.75, 3.05) is 18.5 Å². The molecule has 6 nitrogen and oxygen atoms in total. The lowest BCUT2D eigenvalue weighted by atomic mass is 10.1. The predicted molar refractivity (Wildman–Crippen MR) is 99.1 cm³/mol. The van der Waals surface area contributed by atoms with Gasteiger partial charge in [-0.2, -0.15) is 0 Å². The number of aryl methyl sites for hydroxylation is 1. The first-order valence-electron chi connectivity index (χ1n) is 8.40. The van der Waals surface area contributed by atoms with E-state index in [4.69, 9.17) is 9.47 Å². The monoisotopic (exact) mass is 350 g/mol. The van der Waals surface area contributed by atoms with Crippen LogP contribution in [0.2, 0.25) is 0 Å². The first-order valence-corrected chi connectivity index (χ1v) is 8.40. The molecule has 1 amide bonds. The third-order valence-electron chi connectivity index (χ3n) is 4.28. The largest absolute Gasteiger partial charge is 0.486 e. The molecule has 0 radical (unpaired) electrons. The molecule has 0 saturated heterocycles. The maximum absolute atomic E-state index is 12.4. The molecular formula is C20H18N2O4. The summed E-state index contributed by atoms with van der Waals surface area (Å²) in [7, 11) is 0. The standard InChI is InChI=1S/C20H18N2O4/c1-12-8-14-9-13(2-4-16(14)22-20(12)24)10-19(23)21-15-3-5-17-18(11-15)26-7-6-25-17/h2-5,8-9,11H,6-7,10H2,1H3,(H,21,23)(H,22,24). The van der Waals surface area contributed by atoms with Crippen LogP contribution >= 0.6 is 0 Å². The number of fused-ring (bicyclic) bond motifs is 2. The van der Waals surface area contributed by atoms with Gasteiger partial charge in [0, 0.05) is 22.8 Å². The summed E-state index contributed by atoms with van der Waals surface area (Å²) >= 11 is 0. The van der Waals surface area contributed by atoms with Crippen molar-refractivity contribution in [2.24, 2.45) is 0 Å². The molecule has 26 heavy (non-hydrogen) atoms. The zero-order valence-electron chi connectivity index (χ0n) is 14.3. The van der Waals surface area contributed by atoms with Crippen molar-refractivity contribution in [3.8, 4) is 11.5 Å². The van der Waals surface area contributed by atoms with E-state index in [-0.39, 0.29) is 17.9 Å². The van der Waals surface area contributed by atoms with Gasteiger partial charge in [0.1, 0.15) is 13.2 Å². The van der Waals surface area contributed by atoms with Gasteiger partial charge in [0.2, 0.25) is 5.91 Å². The number of hydrogen-bond donors (Lipinski definition) is 2. The number of carbonyl (C=O) groups is 1. The SMILES string of the molecule is Cc1cc2cc(CC(=O)Nc3ccc4c(c3)OCCO4)ccc2[nH]c1=O. The molecule has 0 spiro atoms. The Kier molecular flexibility index (Phi) is 4.08. The number of aromatic nitrogens is 1. The van der Waals surface area contributed by atoms with E-state index < -0.39 is 0 Å². The van der Waals surface area contributed by atoms with Crippen LogP contribution < -0.4 is 20.3 Å². The van der Waals surface area contributed by atoms with Gasteiger partial charge in [0.25, 0.3) is 5.56 Å². The third-order valence-corrected chi connectivity index (χ3v) is 4.28.